The first kappa shape index (κ1) is 19.4. The monoisotopic (exact) mass is 370 g/mol. The van der Waals surface area contributed by atoms with Gasteiger partial charge in [0.15, 0.2) is 0 Å². The molecule has 2 atom stereocenters. The zero-order valence-electron chi connectivity index (χ0n) is 15.9. The number of hydrogen-bond donors (Lipinski definition) is 1. The summed E-state index contributed by atoms with van der Waals surface area (Å²) in [7, 11) is 1.60. The van der Waals surface area contributed by atoms with Gasteiger partial charge >= 0.3 is 0 Å². The molecule has 27 heavy (non-hydrogen) atoms. The molecule has 0 bridgehead atoms. The van der Waals surface area contributed by atoms with E-state index in [0.29, 0.717) is 18.8 Å². The number of piperidine rings is 1. The summed E-state index contributed by atoms with van der Waals surface area (Å²) >= 11 is 0. The minimum atomic E-state index is -0.320. The molecule has 3 rings (SSSR count). The molecule has 0 saturated carbocycles. The molecular formula is C22H27FN2O2. The molecule has 4 nitrogen and oxygen atoms in total. The molecule has 2 N–H and O–H groups in total. The highest BCUT2D eigenvalue weighted by atomic mass is 19.1. The highest BCUT2D eigenvalue weighted by molar-refractivity contribution is 5.79. The maximum Gasteiger partial charge on any atom is 0.227 e. The number of likely N-dealkylation sites (tertiary alicyclic amines) is 1. The molecule has 1 aliphatic rings. The van der Waals surface area contributed by atoms with Crippen molar-refractivity contribution in [2.75, 3.05) is 20.2 Å². The number of ether oxygens (including phenoxy) is 1. The van der Waals surface area contributed by atoms with Gasteiger partial charge in [0.2, 0.25) is 5.91 Å². The standard InChI is InChI=1S/C22H27FN2O2/c1-15(21(24)17-6-4-3-5-7-17)22(26)25-12-10-16(11-13-25)19-14-18(23)8-9-20(19)27-2/h3-9,14-16,21H,10-13,24H2,1-2H3/t15-,21?/m1/s1. The maximum atomic E-state index is 13.7. The molecule has 1 aliphatic heterocycles. The summed E-state index contributed by atoms with van der Waals surface area (Å²) < 4.78 is 19.0. The third-order valence-corrected chi connectivity index (χ3v) is 5.55. The third-order valence-electron chi connectivity index (χ3n) is 5.55. The summed E-state index contributed by atoms with van der Waals surface area (Å²) in [5.41, 5.74) is 8.17. The number of methoxy groups -OCH3 is 1. The molecule has 5 heteroatoms. The Labute approximate surface area is 160 Å². The average molecular weight is 370 g/mol. The molecule has 0 radical (unpaired) electrons. The number of carbonyl (C=O) groups is 1. The SMILES string of the molecule is COc1ccc(F)cc1C1CCN(C(=O)[C@H](C)C(N)c2ccccc2)CC1. The minimum absolute atomic E-state index is 0.0796. The van der Waals surface area contributed by atoms with Gasteiger partial charge in [-0.2, -0.15) is 0 Å². The van der Waals surface area contributed by atoms with Crippen LogP contribution >= 0.6 is 0 Å². The summed E-state index contributed by atoms with van der Waals surface area (Å²) in [4.78, 5) is 14.8. The highest BCUT2D eigenvalue weighted by Crippen LogP contribution is 2.35. The van der Waals surface area contributed by atoms with Gasteiger partial charge in [0.25, 0.3) is 0 Å². The fourth-order valence-electron chi connectivity index (χ4n) is 3.84. The van der Waals surface area contributed by atoms with E-state index in [1.54, 1.807) is 19.2 Å². The van der Waals surface area contributed by atoms with Crippen molar-refractivity contribution in [3.05, 3.63) is 65.5 Å². The Bertz CT molecular complexity index is 773. The Morgan fingerprint density at radius 3 is 2.48 bits per heavy atom. The van der Waals surface area contributed by atoms with Gasteiger partial charge in [-0.15, -0.1) is 0 Å². The van der Waals surface area contributed by atoms with Crippen LogP contribution in [-0.2, 0) is 4.79 Å². The summed E-state index contributed by atoms with van der Waals surface area (Å²) in [5, 5.41) is 0. The molecule has 0 spiro atoms. The first-order valence-electron chi connectivity index (χ1n) is 9.44. The van der Waals surface area contributed by atoms with Gasteiger partial charge in [0.05, 0.1) is 13.0 Å². The van der Waals surface area contributed by atoms with E-state index in [4.69, 9.17) is 10.5 Å². The van der Waals surface area contributed by atoms with E-state index in [-0.39, 0.29) is 29.6 Å². The number of amides is 1. The fraction of sp³-hybridized carbons (Fsp3) is 0.409. The number of hydrogen-bond acceptors (Lipinski definition) is 3. The Balaban J connectivity index is 1.63. The van der Waals surface area contributed by atoms with E-state index in [2.05, 4.69) is 0 Å². The lowest BCUT2D eigenvalue weighted by Gasteiger charge is -2.35. The number of carbonyl (C=O) groups excluding carboxylic acids is 1. The van der Waals surface area contributed by atoms with Crippen molar-refractivity contribution in [2.45, 2.75) is 31.7 Å². The predicted octanol–water partition coefficient (Wildman–Crippen LogP) is 3.88. The molecule has 2 aromatic carbocycles. The van der Waals surface area contributed by atoms with Crippen molar-refractivity contribution in [3.8, 4) is 5.75 Å². The summed E-state index contributed by atoms with van der Waals surface area (Å²) in [6.07, 6.45) is 1.58. The molecular weight excluding hydrogens is 343 g/mol. The van der Waals surface area contributed by atoms with Crippen molar-refractivity contribution in [2.24, 2.45) is 11.7 Å². The van der Waals surface area contributed by atoms with Crippen molar-refractivity contribution in [3.63, 3.8) is 0 Å². The van der Waals surface area contributed by atoms with Crippen molar-refractivity contribution in [1.29, 1.82) is 0 Å². The van der Waals surface area contributed by atoms with Crippen LogP contribution in [0, 0.1) is 11.7 Å². The van der Waals surface area contributed by atoms with Gasteiger partial charge in [-0.1, -0.05) is 37.3 Å². The van der Waals surface area contributed by atoms with Crippen LogP contribution < -0.4 is 10.5 Å². The number of rotatable bonds is 5. The molecule has 1 fully saturated rings. The van der Waals surface area contributed by atoms with Crippen LogP contribution in [0.5, 0.6) is 5.75 Å². The lowest BCUT2D eigenvalue weighted by molar-refractivity contribution is -0.136. The normalized spacial score (nSPS) is 17.4. The second-order valence-electron chi connectivity index (χ2n) is 7.21. The second kappa shape index (κ2) is 8.53. The van der Waals surface area contributed by atoms with Gasteiger partial charge in [-0.05, 0) is 42.5 Å². The summed E-state index contributed by atoms with van der Waals surface area (Å²) in [6, 6.07) is 14.0. The highest BCUT2D eigenvalue weighted by Gasteiger charge is 2.31. The Morgan fingerprint density at radius 2 is 1.85 bits per heavy atom. The zero-order valence-corrected chi connectivity index (χ0v) is 15.9. The summed E-state index contributed by atoms with van der Waals surface area (Å²) in [5.74, 6) is 0.439. The Morgan fingerprint density at radius 1 is 1.19 bits per heavy atom. The lowest BCUT2D eigenvalue weighted by Crippen LogP contribution is -2.43. The molecule has 1 heterocycles. The molecule has 0 aromatic heterocycles. The van der Waals surface area contributed by atoms with Gasteiger partial charge in [0.1, 0.15) is 11.6 Å². The van der Waals surface area contributed by atoms with Crippen molar-refractivity contribution >= 4 is 5.91 Å². The first-order valence-corrected chi connectivity index (χ1v) is 9.44. The van der Waals surface area contributed by atoms with Crippen LogP contribution in [0.1, 0.15) is 42.9 Å². The van der Waals surface area contributed by atoms with Gasteiger partial charge in [0, 0.05) is 24.7 Å². The first-order chi connectivity index (χ1) is 13.0. The number of nitrogens with two attached hydrogens (primary N) is 1. The van der Waals surface area contributed by atoms with Crippen molar-refractivity contribution in [1.82, 2.24) is 4.90 Å². The molecule has 2 aromatic rings. The van der Waals surface area contributed by atoms with E-state index in [1.807, 2.05) is 42.2 Å². The number of benzene rings is 2. The molecule has 0 aliphatic carbocycles. The van der Waals surface area contributed by atoms with Gasteiger partial charge in [-0.25, -0.2) is 4.39 Å². The Kier molecular flexibility index (Phi) is 6.11. The van der Waals surface area contributed by atoms with Crippen LogP contribution in [0.4, 0.5) is 4.39 Å². The maximum absolute atomic E-state index is 13.7. The third kappa shape index (κ3) is 4.30. The zero-order chi connectivity index (χ0) is 19.4. The van der Waals surface area contributed by atoms with Crippen LogP contribution in [0.25, 0.3) is 0 Å². The van der Waals surface area contributed by atoms with Crippen LogP contribution in [0.2, 0.25) is 0 Å². The van der Waals surface area contributed by atoms with Crippen LogP contribution in [0.3, 0.4) is 0 Å². The smallest absolute Gasteiger partial charge is 0.227 e. The largest absolute Gasteiger partial charge is 0.496 e. The van der Waals surface area contributed by atoms with Gasteiger partial charge < -0.3 is 15.4 Å². The van der Waals surface area contributed by atoms with Crippen molar-refractivity contribution < 1.29 is 13.9 Å². The van der Waals surface area contributed by atoms with Crippen LogP contribution in [-0.4, -0.2) is 31.0 Å². The van der Waals surface area contributed by atoms with E-state index >= 15 is 0 Å². The lowest BCUT2D eigenvalue weighted by atomic mass is 9.87. The van der Waals surface area contributed by atoms with E-state index in [9.17, 15) is 9.18 Å². The quantitative estimate of drug-likeness (QED) is 0.869. The van der Waals surface area contributed by atoms with Gasteiger partial charge in [-0.3, -0.25) is 4.79 Å². The summed E-state index contributed by atoms with van der Waals surface area (Å²) in [6.45, 7) is 3.19. The number of halogens is 1. The van der Waals surface area contributed by atoms with E-state index < -0.39 is 0 Å². The second-order valence-corrected chi connectivity index (χ2v) is 7.21. The van der Waals surface area contributed by atoms with Crippen LogP contribution in [0.15, 0.2) is 48.5 Å². The van der Waals surface area contributed by atoms with E-state index in [1.165, 1.54) is 6.07 Å². The molecule has 1 amide bonds. The van der Waals surface area contributed by atoms with E-state index in [0.717, 1.165) is 24.0 Å². The number of nitrogens with zero attached hydrogens (tertiary/aromatic N) is 1. The Hall–Kier alpha value is -2.40. The topological polar surface area (TPSA) is 55.6 Å². The predicted molar refractivity (Wildman–Crippen MR) is 104 cm³/mol. The molecule has 144 valence electrons. The average Bonchev–Trinajstić information content (AvgIpc) is 2.73. The molecule has 1 unspecified atom stereocenters. The minimum Gasteiger partial charge on any atom is -0.496 e. The fourth-order valence-corrected chi connectivity index (χ4v) is 3.84. The molecule has 1 saturated heterocycles.